The Balaban J connectivity index is 1.55. The van der Waals surface area contributed by atoms with Gasteiger partial charge in [-0.25, -0.2) is 4.98 Å². The van der Waals surface area contributed by atoms with Crippen molar-refractivity contribution in [2.75, 3.05) is 0 Å². The zero-order chi connectivity index (χ0) is 19.4. The third-order valence-electron chi connectivity index (χ3n) is 4.47. The van der Waals surface area contributed by atoms with Gasteiger partial charge in [-0.05, 0) is 31.9 Å². The van der Waals surface area contributed by atoms with Gasteiger partial charge in [-0.3, -0.25) is 14.0 Å². The molecule has 0 atom stereocenters. The molecule has 0 radical (unpaired) electrons. The average Bonchev–Trinajstić information content (AvgIpc) is 3.07. The van der Waals surface area contributed by atoms with Gasteiger partial charge < -0.3 is 5.32 Å². The topological polar surface area (TPSA) is 89.2 Å². The summed E-state index contributed by atoms with van der Waals surface area (Å²) in [7, 11) is 0. The molecular formula is C20H23N5O2. The van der Waals surface area contributed by atoms with E-state index in [2.05, 4.69) is 27.4 Å². The van der Waals surface area contributed by atoms with E-state index >= 15 is 0 Å². The number of aromatic nitrogens is 4. The van der Waals surface area contributed by atoms with Gasteiger partial charge in [-0.1, -0.05) is 31.2 Å². The molecule has 0 aliphatic carbocycles. The van der Waals surface area contributed by atoms with Gasteiger partial charge in [0.25, 0.3) is 5.78 Å². The zero-order valence-corrected chi connectivity index (χ0v) is 15.8. The predicted octanol–water partition coefficient (Wildman–Crippen LogP) is 2.58. The number of carbonyl (C=O) groups excluding carboxylic acids is 2. The van der Waals surface area contributed by atoms with Crippen LogP contribution in [0.4, 0.5) is 0 Å². The second-order valence-electron chi connectivity index (χ2n) is 6.54. The van der Waals surface area contributed by atoms with Crippen molar-refractivity contribution in [3.63, 3.8) is 0 Å². The summed E-state index contributed by atoms with van der Waals surface area (Å²) in [5, 5.41) is 10.9. The molecule has 1 N–H and O–H groups in total. The molecule has 7 heteroatoms. The Morgan fingerprint density at radius 2 is 1.81 bits per heavy atom. The number of benzene rings is 1. The number of nitrogens with one attached hydrogen (secondary N) is 1. The van der Waals surface area contributed by atoms with Crippen molar-refractivity contribution < 1.29 is 9.59 Å². The van der Waals surface area contributed by atoms with Gasteiger partial charge in [0.1, 0.15) is 0 Å². The Hall–Kier alpha value is -3.09. The van der Waals surface area contributed by atoms with Crippen molar-refractivity contribution in [1.82, 2.24) is 24.9 Å². The fourth-order valence-corrected chi connectivity index (χ4v) is 2.98. The molecule has 0 fully saturated rings. The minimum Gasteiger partial charge on any atom is -0.349 e. The number of hydrogen-bond acceptors (Lipinski definition) is 5. The lowest BCUT2D eigenvalue weighted by Gasteiger charge is -2.06. The van der Waals surface area contributed by atoms with E-state index in [-0.39, 0.29) is 31.1 Å². The summed E-state index contributed by atoms with van der Waals surface area (Å²) in [6.07, 6.45) is 1.25. The molecule has 7 nitrogen and oxygen atoms in total. The van der Waals surface area contributed by atoms with Crippen molar-refractivity contribution in [1.29, 1.82) is 0 Å². The van der Waals surface area contributed by atoms with Gasteiger partial charge in [0, 0.05) is 29.8 Å². The maximum atomic E-state index is 12.2. The molecule has 3 rings (SSSR count). The number of nitrogens with zero attached hydrogens (tertiary/aromatic N) is 4. The van der Waals surface area contributed by atoms with E-state index in [1.807, 2.05) is 48.6 Å². The molecule has 0 saturated carbocycles. The monoisotopic (exact) mass is 365 g/mol. The fourth-order valence-electron chi connectivity index (χ4n) is 2.98. The van der Waals surface area contributed by atoms with Crippen LogP contribution >= 0.6 is 0 Å². The summed E-state index contributed by atoms with van der Waals surface area (Å²) in [5.41, 5.74) is 3.65. The smallest absolute Gasteiger partial charge is 0.255 e. The molecule has 0 bridgehead atoms. The number of carbonyl (C=O) groups is 2. The van der Waals surface area contributed by atoms with E-state index in [4.69, 9.17) is 0 Å². The molecule has 140 valence electrons. The van der Waals surface area contributed by atoms with Crippen molar-refractivity contribution in [2.45, 2.75) is 46.6 Å². The Labute approximate surface area is 157 Å². The molecule has 1 amide bonds. The molecule has 3 aromatic rings. The Kier molecular flexibility index (Phi) is 5.59. The minimum absolute atomic E-state index is 0.0312. The second kappa shape index (κ2) is 8.07. The molecule has 27 heavy (non-hydrogen) atoms. The van der Waals surface area contributed by atoms with Crippen LogP contribution in [0.15, 0.2) is 30.3 Å². The minimum atomic E-state index is -0.192. The third kappa shape index (κ3) is 4.36. The zero-order valence-electron chi connectivity index (χ0n) is 15.8. The second-order valence-corrected chi connectivity index (χ2v) is 6.54. The Morgan fingerprint density at radius 3 is 2.52 bits per heavy atom. The molecule has 2 aromatic heterocycles. The number of hydrogen-bond donors (Lipinski definition) is 1. The van der Waals surface area contributed by atoms with Crippen molar-refractivity contribution in [3.05, 3.63) is 58.7 Å². The number of fused-ring (bicyclic) bond motifs is 1. The molecule has 0 unspecified atom stereocenters. The van der Waals surface area contributed by atoms with E-state index in [1.54, 1.807) is 0 Å². The summed E-state index contributed by atoms with van der Waals surface area (Å²) < 4.78 is 1.81. The number of rotatable bonds is 7. The molecule has 2 heterocycles. The molecule has 0 aliphatic heterocycles. The molecule has 0 spiro atoms. The highest BCUT2D eigenvalue weighted by molar-refractivity contribution is 5.97. The summed E-state index contributed by atoms with van der Waals surface area (Å²) in [5.74, 6) is 0.909. The van der Waals surface area contributed by atoms with Crippen LogP contribution < -0.4 is 5.32 Å². The number of Topliss-reactive ketones (excluding diaryl/α,β-unsaturated/α-hetero) is 1. The van der Waals surface area contributed by atoms with Crippen LogP contribution in [-0.4, -0.2) is 31.3 Å². The first-order chi connectivity index (χ1) is 13.0. The SMILES string of the molecule is CCc1ccc(C(=O)CCC(=O)NCc2nnc3nc(C)cc(C)n23)cc1. The van der Waals surface area contributed by atoms with E-state index in [0.717, 1.165) is 17.8 Å². The van der Waals surface area contributed by atoms with Crippen LogP contribution in [0.2, 0.25) is 0 Å². The lowest BCUT2D eigenvalue weighted by Crippen LogP contribution is -2.24. The standard InChI is InChI=1S/C20H23N5O2/c1-4-15-5-7-16(8-6-15)17(26)9-10-19(27)21-12-18-23-24-20-22-13(2)11-14(3)25(18)20/h5-8,11H,4,9-10,12H2,1-3H3,(H,21,27). The summed E-state index contributed by atoms with van der Waals surface area (Å²) in [6, 6.07) is 9.46. The predicted molar refractivity (Wildman–Crippen MR) is 101 cm³/mol. The molecular weight excluding hydrogens is 342 g/mol. The largest absolute Gasteiger partial charge is 0.349 e. The maximum absolute atomic E-state index is 12.2. The summed E-state index contributed by atoms with van der Waals surface area (Å²) in [6.45, 7) is 6.15. The van der Waals surface area contributed by atoms with Crippen molar-refractivity contribution in [2.24, 2.45) is 0 Å². The highest BCUT2D eigenvalue weighted by Gasteiger charge is 2.12. The van der Waals surface area contributed by atoms with Crippen molar-refractivity contribution >= 4 is 17.5 Å². The number of aryl methyl sites for hydroxylation is 3. The first-order valence-electron chi connectivity index (χ1n) is 9.05. The lowest BCUT2D eigenvalue weighted by molar-refractivity contribution is -0.121. The van der Waals surface area contributed by atoms with Crippen LogP contribution in [0.1, 0.15) is 52.9 Å². The van der Waals surface area contributed by atoms with Crippen LogP contribution in [0.5, 0.6) is 0 Å². The summed E-state index contributed by atoms with van der Waals surface area (Å²) >= 11 is 0. The highest BCUT2D eigenvalue weighted by atomic mass is 16.2. The van der Waals surface area contributed by atoms with E-state index < -0.39 is 0 Å². The van der Waals surface area contributed by atoms with Crippen LogP contribution in [0, 0.1) is 13.8 Å². The van der Waals surface area contributed by atoms with Gasteiger partial charge in [-0.15, -0.1) is 10.2 Å². The van der Waals surface area contributed by atoms with Crippen LogP contribution in [0.25, 0.3) is 5.78 Å². The number of amides is 1. The van der Waals surface area contributed by atoms with Gasteiger partial charge in [0.15, 0.2) is 11.6 Å². The number of ketones is 1. The van der Waals surface area contributed by atoms with Gasteiger partial charge in [-0.2, -0.15) is 0 Å². The molecule has 0 aliphatic rings. The maximum Gasteiger partial charge on any atom is 0.255 e. The van der Waals surface area contributed by atoms with E-state index in [9.17, 15) is 9.59 Å². The van der Waals surface area contributed by atoms with E-state index in [1.165, 1.54) is 5.56 Å². The highest BCUT2D eigenvalue weighted by Crippen LogP contribution is 2.10. The molecule has 0 saturated heterocycles. The Morgan fingerprint density at radius 1 is 1.07 bits per heavy atom. The van der Waals surface area contributed by atoms with Crippen molar-refractivity contribution in [3.8, 4) is 0 Å². The quantitative estimate of drug-likeness (QED) is 0.650. The van der Waals surface area contributed by atoms with Gasteiger partial charge >= 0.3 is 0 Å². The fraction of sp³-hybridized carbons (Fsp3) is 0.350. The first kappa shape index (κ1) is 18.7. The first-order valence-corrected chi connectivity index (χ1v) is 9.05. The lowest BCUT2D eigenvalue weighted by atomic mass is 10.0. The Bertz CT molecular complexity index is 976. The van der Waals surface area contributed by atoms with Crippen LogP contribution in [-0.2, 0) is 17.8 Å². The summed E-state index contributed by atoms with van der Waals surface area (Å²) in [4.78, 5) is 28.7. The van der Waals surface area contributed by atoms with E-state index in [0.29, 0.717) is 17.2 Å². The average molecular weight is 365 g/mol. The normalized spacial score (nSPS) is 10.9. The van der Waals surface area contributed by atoms with Gasteiger partial charge in [0.2, 0.25) is 5.91 Å². The molecule has 1 aromatic carbocycles. The van der Waals surface area contributed by atoms with Gasteiger partial charge in [0.05, 0.1) is 6.54 Å². The van der Waals surface area contributed by atoms with Crippen LogP contribution in [0.3, 0.4) is 0 Å². The third-order valence-corrected chi connectivity index (χ3v) is 4.47.